The summed E-state index contributed by atoms with van der Waals surface area (Å²) in [6, 6.07) is 26.0. The molecule has 0 aliphatic carbocycles. The Labute approximate surface area is 220 Å². The van der Waals surface area contributed by atoms with Gasteiger partial charge < -0.3 is 14.4 Å². The molecule has 7 heteroatoms. The van der Waals surface area contributed by atoms with Crippen molar-refractivity contribution in [3.8, 4) is 5.75 Å². The number of benzene rings is 3. The zero-order valence-corrected chi connectivity index (χ0v) is 21.8. The highest BCUT2D eigenvalue weighted by molar-refractivity contribution is 7.20. The highest BCUT2D eigenvalue weighted by atomic mass is 35.5. The predicted molar refractivity (Wildman–Crippen MR) is 146 cm³/mol. The summed E-state index contributed by atoms with van der Waals surface area (Å²) in [4.78, 5) is 18.3. The first-order valence-electron chi connectivity index (χ1n) is 12.1. The summed E-state index contributed by atoms with van der Waals surface area (Å²) < 4.78 is 12.9. The standard InChI is InChI=1S/C29H29ClN2O3S/c1-34-25-7-4-5-21(17-25)20-35-26(22-9-11-24(30)12-10-22)19-31-13-15-32(16-14-31)29(33)28-18-23-6-2-3-8-27(23)36-28/h2-12,17-18,26H,13-16,19-20H2,1H3/t26-/m1/s1. The molecule has 1 fully saturated rings. The van der Waals surface area contributed by atoms with Crippen LogP contribution in [0.2, 0.25) is 5.02 Å². The summed E-state index contributed by atoms with van der Waals surface area (Å²) in [6.45, 7) is 4.25. The minimum Gasteiger partial charge on any atom is -0.497 e. The van der Waals surface area contributed by atoms with Gasteiger partial charge in [0.2, 0.25) is 0 Å². The number of hydrogen-bond donors (Lipinski definition) is 0. The van der Waals surface area contributed by atoms with E-state index >= 15 is 0 Å². The number of halogens is 1. The Kier molecular flexibility index (Phi) is 7.87. The second-order valence-electron chi connectivity index (χ2n) is 8.94. The van der Waals surface area contributed by atoms with Gasteiger partial charge in [0.15, 0.2) is 0 Å². The maximum Gasteiger partial charge on any atom is 0.264 e. The van der Waals surface area contributed by atoms with Crippen LogP contribution in [-0.4, -0.2) is 55.5 Å². The van der Waals surface area contributed by atoms with E-state index in [1.165, 1.54) is 0 Å². The first-order valence-corrected chi connectivity index (χ1v) is 13.3. The van der Waals surface area contributed by atoms with Crippen LogP contribution in [0.4, 0.5) is 0 Å². The molecule has 0 bridgehead atoms. The van der Waals surface area contributed by atoms with Crippen molar-refractivity contribution in [1.82, 2.24) is 9.80 Å². The SMILES string of the molecule is COc1cccc(CO[C@H](CN2CCN(C(=O)c3cc4ccccc4s3)CC2)c2ccc(Cl)cc2)c1. The third-order valence-electron chi connectivity index (χ3n) is 6.55. The van der Waals surface area contributed by atoms with E-state index in [1.54, 1.807) is 18.4 Å². The largest absolute Gasteiger partial charge is 0.497 e. The first-order chi connectivity index (χ1) is 17.6. The lowest BCUT2D eigenvalue weighted by Crippen LogP contribution is -2.49. The average molecular weight is 521 g/mol. The van der Waals surface area contributed by atoms with Crippen LogP contribution >= 0.6 is 22.9 Å². The zero-order chi connectivity index (χ0) is 24.9. The molecule has 0 N–H and O–H groups in total. The minimum absolute atomic E-state index is 0.113. The van der Waals surface area contributed by atoms with Crippen molar-refractivity contribution < 1.29 is 14.3 Å². The number of methoxy groups -OCH3 is 1. The molecule has 1 saturated heterocycles. The lowest BCUT2D eigenvalue weighted by molar-refractivity contribution is 0.00343. The molecule has 0 spiro atoms. The van der Waals surface area contributed by atoms with E-state index in [0.29, 0.717) is 24.7 Å². The van der Waals surface area contributed by atoms with Gasteiger partial charge in [0.05, 0.1) is 24.7 Å². The highest BCUT2D eigenvalue weighted by Crippen LogP contribution is 2.28. The van der Waals surface area contributed by atoms with E-state index in [2.05, 4.69) is 17.0 Å². The molecule has 186 valence electrons. The molecule has 36 heavy (non-hydrogen) atoms. The van der Waals surface area contributed by atoms with Crippen LogP contribution in [-0.2, 0) is 11.3 Å². The van der Waals surface area contributed by atoms with Gasteiger partial charge in [-0.05, 0) is 52.9 Å². The van der Waals surface area contributed by atoms with Crippen molar-refractivity contribution in [2.45, 2.75) is 12.7 Å². The number of thiophene rings is 1. The van der Waals surface area contributed by atoms with Gasteiger partial charge in [-0.3, -0.25) is 9.69 Å². The summed E-state index contributed by atoms with van der Waals surface area (Å²) in [5.74, 6) is 0.943. The molecule has 1 aromatic heterocycles. The third-order valence-corrected chi connectivity index (χ3v) is 7.90. The molecule has 2 heterocycles. The van der Waals surface area contributed by atoms with Gasteiger partial charge in [-0.15, -0.1) is 11.3 Å². The van der Waals surface area contributed by atoms with Crippen molar-refractivity contribution in [3.63, 3.8) is 0 Å². The second-order valence-corrected chi connectivity index (χ2v) is 10.5. The van der Waals surface area contributed by atoms with Crippen LogP contribution in [0.15, 0.2) is 78.9 Å². The van der Waals surface area contributed by atoms with Gasteiger partial charge in [0.25, 0.3) is 5.91 Å². The van der Waals surface area contributed by atoms with E-state index < -0.39 is 0 Å². The average Bonchev–Trinajstić information content (AvgIpc) is 3.36. The second kappa shape index (κ2) is 11.4. The maximum atomic E-state index is 13.1. The predicted octanol–water partition coefficient (Wildman–Crippen LogP) is 6.28. The smallest absolute Gasteiger partial charge is 0.264 e. The number of rotatable bonds is 8. The Hall–Kier alpha value is -2.90. The Balaban J connectivity index is 1.22. The molecule has 0 unspecified atom stereocenters. The Morgan fingerprint density at radius 1 is 0.972 bits per heavy atom. The van der Waals surface area contributed by atoms with Crippen LogP contribution in [0.5, 0.6) is 5.75 Å². The molecule has 1 atom stereocenters. The third kappa shape index (κ3) is 5.90. The van der Waals surface area contributed by atoms with Crippen molar-refractivity contribution in [3.05, 3.63) is 99.9 Å². The van der Waals surface area contributed by atoms with Crippen LogP contribution in [0, 0.1) is 0 Å². The quantitative estimate of drug-likeness (QED) is 0.274. The number of nitrogens with zero attached hydrogens (tertiary/aromatic N) is 2. The summed E-state index contributed by atoms with van der Waals surface area (Å²) in [7, 11) is 1.67. The van der Waals surface area contributed by atoms with Gasteiger partial charge in [-0.25, -0.2) is 0 Å². The van der Waals surface area contributed by atoms with Gasteiger partial charge in [0.1, 0.15) is 5.75 Å². The first kappa shape index (κ1) is 24.8. The number of hydrogen-bond acceptors (Lipinski definition) is 5. The Bertz CT molecular complexity index is 1280. The fraction of sp³-hybridized carbons (Fsp3) is 0.276. The van der Waals surface area contributed by atoms with Gasteiger partial charge in [-0.1, -0.05) is 54.1 Å². The van der Waals surface area contributed by atoms with Crippen molar-refractivity contribution >= 4 is 38.9 Å². The summed E-state index contributed by atoms with van der Waals surface area (Å²) in [6.07, 6.45) is -0.113. The van der Waals surface area contributed by atoms with E-state index in [-0.39, 0.29) is 12.0 Å². The minimum atomic E-state index is -0.113. The molecular weight excluding hydrogens is 492 g/mol. The molecule has 3 aromatic carbocycles. The van der Waals surface area contributed by atoms with Crippen LogP contribution in [0.1, 0.15) is 26.9 Å². The van der Waals surface area contributed by atoms with E-state index in [0.717, 1.165) is 51.5 Å². The number of fused-ring (bicyclic) bond motifs is 1. The summed E-state index contributed by atoms with van der Waals surface area (Å²) >= 11 is 7.71. The van der Waals surface area contributed by atoms with Crippen molar-refractivity contribution in [2.24, 2.45) is 0 Å². The van der Waals surface area contributed by atoms with Crippen LogP contribution in [0.3, 0.4) is 0 Å². The fourth-order valence-corrected chi connectivity index (χ4v) is 5.66. The Morgan fingerprint density at radius 2 is 1.75 bits per heavy atom. The van der Waals surface area contributed by atoms with E-state index in [9.17, 15) is 4.79 Å². The number of ether oxygens (including phenoxy) is 2. The molecule has 1 aliphatic heterocycles. The molecule has 0 radical (unpaired) electrons. The van der Waals surface area contributed by atoms with Gasteiger partial charge >= 0.3 is 0 Å². The topological polar surface area (TPSA) is 42.0 Å². The lowest BCUT2D eigenvalue weighted by atomic mass is 10.1. The van der Waals surface area contributed by atoms with E-state index in [4.69, 9.17) is 21.1 Å². The monoisotopic (exact) mass is 520 g/mol. The normalized spacial score (nSPS) is 15.2. The number of carbonyl (C=O) groups is 1. The van der Waals surface area contributed by atoms with Crippen LogP contribution in [0.25, 0.3) is 10.1 Å². The van der Waals surface area contributed by atoms with Crippen LogP contribution < -0.4 is 4.74 Å². The fourth-order valence-electron chi connectivity index (χ4n) is 4.50. The highest BCUT2D eigenvalue weighted by Gasteiger charge is 2.26. The molecule has 4 aromatic rings. The van der Waals surface area contributed by atoms with Gasteiger partial charge in [0, 0.05) is 42.4 Å². The lowest BCUT2D eigenvalue weighted by Gasteiger charge is -2.36. The molecule has 5 nitrogen and oxygen atoms in total. The van der Waals surface area contributed by atoms with E-state index in [1.807, 2.05) is 71.6 Å². The number of piperazine rings is 1. The van der Waals surface area contributed by atoms with Crippen molar-refractivity contribution in [1.29, 1.82) is 0 Å². The maximum absolute atomic E-state index is 13.1. The summed E-state index contributed by atoms with van der Waals surface area (Å²) in [5.41, 5.74) is 2.15. The molecule has 5 rings (SSSR count). The molecule has 1 amide bonds. The molecule has 1 aliphatic rings. The van der Waals surface area contributed by atoms with Gasteiger partial charge in [-0.2, -0.15) is 0 Å². The molecular formula is C29H29ClN2O3S. The Morgan fingerprint density at radius 3 is 2.50 bits per heavy atom. The zero-order valence-electron chi connectivity index (χ0n) is 20.2. The molecule has 0 saturated carbocycles. The number of amides is 1. The number of carbonyl (C=O) groups excluding carboxylic acids is 1. The summed E-state index contributed by atoms with van der Waals surface area (Å²) in [5, 5.41) is 1.84. The van der Waals surface area contributed by atoms with Crippen molar-refractivity contribution in [2.75, 3.05) is 39.8 Å².